The summed E-state index contributed by atoms with van der Waals surface area (Å²) in [5.74, 6) is 0.0191. The summed E-state index contributed by atoms with van der Waals surface area (Å²) >= 11 is 0. The second-order valence-electron chi connectivity index (χ2n) is 7.05. The number of fused-ring (bicyclic) bond motifs is 1. The van der Waals surface area contributed by atoms with Gasteiger partial charge in [0.1, 0.15) is 5.39 Å². The SMILES string of the molecule is CC(N(C)C(=O)CCn1cnc2c(cnn2C)c1=O)C(C)(C)C. The summed E-state index contributed by atoms with van der Waals surface area (Å²) in [5.41, 5.74) is 0.399. The van der Waals surface area contributed by atoms with Gasteiger partial charge < -0.3 is 4.90 Å². The van der Waals surface area contributed by atoms with Crippen molar-refractivity contribution in [2.45, 2.75) is 46.7 Å². The fourth-order valence-electron chi connectivity index (χ4n) is 2.42. The van der Waals surface area contributed by atoms with E-state index in [-0.39, 0.29) is 29.3 Å². The fourth-order valence-corrected chi connectivity index (χ4v) is 2.42. The maximum absolute atomic E-state index is 12.4. The molecule has 0 saturated heterocycles. The molecule has 0 bridgehead atoms. The van der Waals surface area contributed by atoms with Gasteiger partial charge in [0.25, 0.3) is 5.56 Å². The van der Waals surface area contributed by atoms with E-state index in [4.69, 9.17) is 0 Å². The molecule has 2 rings (SSSR count). The Labute approximate surface area is 135 Å². The Morgan fingerprint density at radius 1 is 1.39 bits per heavy atom. The second kappa shape index (κ2) is 6.14. The smallest absolute Gasteiger partial charge is 0.264 e. The van der Waals surface area contributed by atoms with Crippen molar-refractivity contribution in [3.63, 3.8) is 0 Å². The van der Waals surface area contributed by atoms with Crippen LogP contribution in [0.5, 0.6) is 0 Å². The van der Waals surface area contributed by atoms with Gasteiger partial charge in [0, 0.05) is 33.1 Å². The van der Waals surface area contributed by atoms with Crippen molar-refractivity contribution in [2.75, 3.05) is 7.05 Å². The summed E-state index contributed by atoms with van der Waals surface area (Å²) in [5, 5.41) is 4.51. The molecule has 1 unspecified atom stereocenters. The molecule has 126 valence electrons. The summed E-state index contributed by atoms with van der Waals surface area (Å²) in [6.07, 6.45) is 3.26. The Bertz CT molecular complexity index is 769. The molecule has 2 aromatic heterocycles. The van der Waals surface area contributed by atoms with E-state index >= 15 is 0 Å². The molecule has 0 saturated carbocycles. The minimum Gasteiger partial charge on any atom is -0.342 e. The number of amides is 1. The van der Waals surface area contributed by atoms with Crippen LogP contribution < -0.4 is 5.56 Å². The monoisotopic (exact) mass is 319 g/mol. The molecule has 0 aliphatic carbocycles. The van der Waals surface area contributed by atoms with Crippen LogP contribution in [0.3, 0.4) is 0 Å². The number of aryl methyl sites for hydroxylation is 2. The Morgan fingerprint density at radius 3 is 2.65 bits per heavy atom. The standard InChI is InChI=1S/C16H25N5O2/c1-11(16(2,3)4)19(5)13(22)7-8-21-10-17-14-12(15(21)23)9-18-20(14)6/h9-11H,7-8H2,1-6H3. The highest BCUT2D eigenvalue weighted by Gasteiger charge is 2.26. The largest absolute Gasteiger partial charge is 0.342 e. The molecule has 7 nitrogen and oxygen atoms in total. The maximum Gasteiger partial charge on any atom is 0.264 e. The molecule has 0 spiro atoms. The summed E-state index contributed by atoms with van der Waals surface area (Å²) in [7, 11) is 3.55. The lowest BCUT2D eigenvalue weighted by atomic mass is 9.87. The highest BCUT2D eigenvalue weighted by atomic mass is 16.2. The number of hydrogen-bond acceptors (Lipinski definition) is 4. The van der Waals surface area contributed by atoms with Crippen molar-refractivity contribution >= 4 is 16.9 Å². The number of nitrogens with zero attached hydrogens (tertiary/aromatic N) is 5. The Balaban J connectivity index is 2.11. The number of aromatic nitrogens is 4. The molecule has 0 N–H and O–H groups in total. The minimum atomic E-state index is -0.164. The van der Waals surface area contributed by atoms with Crippen LogP contribution in [0.1, 0.15) is 34.1 Å². The van der Waals surface area contributed by atoms with Gasteiger partial charge in [0.2, 0.25) is 5.91 Å². The molecule has 1 atom stereocenters. The van der Waals surface area contributed by atoms with Gasteiger partial charge >= 0.3 is 0 Å². The predicted molar refractivity (Wildman–Crippen MR) is 89.1 cm³/mol. The molecular weight excluding hydrogens is 294 g/mol. The van der Waals surface area contributed by atoms with E-state index in [0.29, 0.717) is 17.6 Å². The molecular formula is C16H25N5O2. The fraction of sp³-hybridized carbons (Fsp3) is 0.625. The van der Waals surface area contributed by atoms with Crippen LogP contribution in [-0.2, 0) is 18.4 Å². The van der Waals surface area contributed by atoms with Gasteiger partial charge in [-0.05, 0) is 12.3 Å². The minimum absolute atomic E-state index is 0.0113. The topological polar surface area (TPSA) is 73.0 Å². The third-order valence-electron chi connectivity index (χ3n) is 4.51. The van der Waals surface area contributed by atoms with Gasteiger partial charge in [-0.15, -0.1) is 0 Å². The lowest BCUT2D eigenvalue weighted by Crippen LogP contribution is -2.43. The zero-order valence-electron chi connectivity index (χ0n) is 14.7. The first-order valence-corrected chi connectivity index (χ1v) is 7.75. The Hall–Kier alpha value is -2.18. The first-order valence-electron chi connectivity index (χ1n) is 7.75. The number of carbonyl (C=O) groups is 1. The maximum atomic E-state index is 12.4. The van der Waals surface area contributed by atoms with Crippen LogP contribution in [0.25, 0.3) is 11.0 Å². The van der Waals surface area contributed by atoms with Crippen molar-refractivity contribution in [3.05, 3.63) is 22.9 Å². The molecule has 7 heteroatoms. The normalized spacial score (nSPS) is 13.3. The van der Waals surface area contributed by atoms with Gasteiger partial charge in [-0.3, -0.25) is 18.8 Å². The molecule has 0 aliphatic rings. The number of hydrogen-bond donors (Lipinski definition) is 0. The van der Waals surface area contributed by atoms with Crippen LogP contribution in [0, 0.1) is 5.41 Å². The van der Waals surface area contributed by atoms with Crippen LogP contribution in [-0.4, -0.2) is 43.2 Å². The lowest BCUT2D eigenvalue weighted by molar-refractivity contribution is -0.133. The second-order valence-corrected chi connectivity index (χ2v) is 7.05. The quantitative estimate of drug-likeness (QED) is 0.854. The Kier molecular flexibility index (Phi) is 4.58. The average Bonchev–Trinajstić information content (AvgIpc) is 2.86. The highest BCUT2D eigenvalue weighted by molar-refractivity contribution is 5.76. The van der Waals surface area contributed by atoms with Crippen LogP contribution >= 0.6 is 0 Å². The third kappa shape index (κ3) is 3.43. The zero-order chi connectivity index (χ0) is 17.4. The zero-order valence-corrected chi connectivity index (χ0v) is 14.7. The van der Waals surface area contributed by atoms with E-state index in [1.807, 2.05) is 14.0 Å². The van der Waals surface area contributed by atoms with Gasteiger partial charge in [0.05, 0.1) is 12.5 Å². The van der Waals surface area contributed by atoms with Crippen molar-refractivity contribution < 1.29 is 4.79 Å². The summed E-state index contributed by atoms with van der Waals surface area (Å²) in [6, 6.07) is 0.116. The van der Waals surface area contributed by atoms with Crippen LogP contribution in [0.4, 0.5) is 0 Å². The van der Waals surface area contributed by atoms with Crippen LogP contribution in [0.2, 0.25) is 0 Å². The first-order chi connectivity index (χ1) is 10.6. The molecule has 23 heavy (non-hydrogen) atoms. The molecule has 0 aromatic carbocycles. The number of carbonyl (C=O) groups excluding carboxylic acids is 1. The van der Waals surface area contributed by atoms with Crippen LogP contribution in [0.15, 0.2) is 17.3 Å². The molecule has 0 fully saturated rings. The average molecular weight is 319 g/mol. The molecule has 0 radical (unpaired) electrons. The van der Waals surface area contributed by atoms with E-state index in [9.17, 15) is 9.59 Å². The van der Waals surface area contributed by atoms with Crippen molar-refractivity contribution in [1.29, 1.82) is 0 Å². The van der Waals surface area contributed by atoms with Crippen molar-refractivity contribution in [3.8, 4) is 0 Å². The molecule has 1 amide bonds. The number of rotatable bonds is 4. The summed E-state index contributed by atoms with van der Waals surface area (Å²) in [6.45, 7) is 8.66. The summed E-state index contributed by atoms with van der Waals surface area (Å²) < 4.78 is 3.03. The highest BCUT2D eigenvalue weighted by Crippen LogP contribution is 2.23. The predicted octanol–water partition coefficient (Wildman–Crippen LogP) is 1.41. The van der Waals surface area contributed by atoms with Crippen molar-refractivity contribution in [1.82, 2.24) is 24.2 Å². The van der Waals surface area contributed by atoms with E-state index in [2.05, 4.69) is 30.9 Å². The van der Waals surface area contributed by atoms with E-state index in [1.165, 1.54) is 17.1 Å². The van der Waals surface area contributed by atoms with Gasteiger partial charge in [-0.1, -0.05) is 20.8 Å². The lowest BCUT2D eigenvalue weighted by Gasteiger charge is -2.35. The van der Waals surface area contributed by atoms with E-state index in [0.717, 1.165) is 0 Å². The van der Waals surface area contributed by atoms with Gasteiger partial charge in [-0.25, -0.2) is 4.98 Å². The first kappa shape index (κ1) is 17.2. The molecule has 2 heterocycles. The summed E-state index contributed by atoms with van der Waals surface area (Å²) in [4.78, 5) is 30.7. The van der Waals surface area contributed by atoms with E-state index in [1.54, 1.807) is 16.6 Å². The molecule has 2 aromatic rings. The molecule has 0 aliphatic heterocycles. The van der Waals surface area contributed by atoms with Gasteiger partial charge in [0.15, 0.2) is 5.65 Å². The van der Waals surface area contributed by atoms with Gasteiger partial charge in [-0.2, -0.15) is 5.10 Å². The van der Waals surface area contributed by atoms with E-state index < -0.39 is 0 Å². The van der Waals surface area contributed by atoms with Crippen molar-refractivity contribution in [2.24, 2.45) is 12.5 Å². The Morgan fingerprint density at radius 2 is 2.04 bits per heavy atom. The third-order valence-corrected chi connectivity index (χ3v) is 4.51.